The Hall–Kier alpha value is -3.11. The molecule has 0 aliphatic carbocycles. The largest absolute Gasteiger partial charge is 0.371 e. The number of rotatable bonds is 24. The third-order valence-corrected chi connectivity index (χ3v) is 10.8. The molecule has 8 nitrogen and oxygen atoms in total. The van der Waals surface area contributed by atoms with Gasteiger partial charge in [-0.2, -0.15) is 4.31 Å². The number of unbranched alkanes of at least 4 members (excludes halogenated alkanes) is 11. The van der Waals surface area contributed by atoms with Crippen LogP contribution in [0.3, 0.4) is 0 Å². The molecular weight excluding hydrogens is 612 g/mol. The molecule has 0 saturated carbocycles. The Labute approximate surface area is 281 Å². The third kappa shape index (κ3) is 12.1. The summed E-state index contributed by atoms with van der Waals surface area (Å²) in [5.41, 5.74) is 1.92. The number of benzene rings is 3. The van der Waals surface area contributed by atoms with Crippen molar-refractivity contribution >= 4 is 15.7 Å². The zero-order chi connectivity index (χ0) is 33.3. The number of sulfonamides is 1. The minimum atomic E-state index is -3.86. The second-order valence-corrected chi connectivity index (χ2v) is 14.6. The van der Waals surface area contributed by atoms with E-state index in [1.807, 2.05) is 60.7 Å². The van der Waals surface area contributed by atoms with E-state index in [1.54, 1.807) is 0 Å². The molecule has 47 heavy (non-hydrogen) atoms. The Bertz CT molecular complexity index is 1420. The van der Waals surface area contributed by atoms with Gasteiger partial charge in [-0.25, -0.2) is 8.42 Å². The molecule has 0 bridgehead atoms. The van der Waals surface area contributed by atoms with Crippen molar-refractivity contribution in [2.24, 2.45) is 0 Å². The van der Waals surface area contributed by atoms with Crippen LogP contribution in [-0.4, -0.2) is 42.4 Å². The van der Waals surface area contributed by atoms with Crippen LogP contribution in [-0.2, 0) is 32.7 Å². The van der Waals surface area contributed by atoms with E-state index < -0.39 is 27.1 Å². The summed E-state index contributed by atoms with van der Waals surface area (Å²) in [6.07, 6.45) is 15.1. The lowest BCUT2D eigenvalue weighted by Gasteiger charge is -2.28. The number of non-ortho nitro benzene ring substituents is 1. The van der Waals surface area contributed by atoms with Gasteiger partial charge in [-0.3, -0.25) is 10.1 Å². The Morgan fingerprint density at radius 3 is 1.72 bits per heavy atom. The highest BCUT2D eigenvalue weighted by molar-refractivity contribution is 7.89. The molecule has 1 aliphatic heterocycles. The van der Waals surface area contributed by atoms with Gasteiger partial charge >= 0.3 is 0 Å². The minimum absolute atomic E-state index is 0.0372. The lowest BCUT2D eigenvalue weighted by atomic mass is 10.0. The molecule has 4 rings (SSSR count). The molecule has 0 aromatic heterocycles. The van der Waals surface area contributed by atoms with Gasteiger partial charge in [0.25, 0.3) is 5.69 Å². The topological polar surface area (TPSA) is 98.8 Å². The molecule has 3 aromatic carbocycles. The van der Waals surface area contributed by atoms with Gasteiger partial charge in [-0.1, -0.05) is 145 Å². The Kier molecular flexibility index (Phi) is 15.4. The van der Waals surface area contributed by atoms with Gasteiger partial charge in [0.1, 0.15) is 6.10 Å². The number of ether oxygens (including phenoxy) is 2. The minimum Gasteiger partial charge on any atom is -0.371 e. The van der Waals surface area contributed by atoms with Crippen molar-refractivity contribution in [3.63, 3.8) is 0 Å². The van der Waals surface area contributed by atoms with Crippen LogP contribution >= 0.6 is 0 Å². The summed E-state index contributed by atoms with van der Waals surface area (Å²) in [5, 5.41) is 11.1. The summed E-state index contributed by atoms with van der Waals surface area (Å²) < 4.78 is 41.8. The van der Waals surface area contributed by atoms with E-state index in [0.29, 0.717) is 19.8 Å². The fourth-order valence-electron chi connectivity index (χ4n) is 6.10. The molecule has 1 fully saturated rings. The van der Waals surface area contributed by atoms with Crippen LogP contribution in [0.1, 0.15) is 102 Å². The molecule has 0 spiro atoms. The van der Waals surface area contributed by atoms with E-state index in [2.05, 4.69) is 6.92 Å². The molecule has 3 aromatic rings. The number of hydrogen-bond donors (Lipinski definition) is 0. The zero-order valence-electron chi connectivity index (χ0n) is 27.9. The smallest absolute Gasteiger partial charge is 0.269 e. The fourth-order valence-corrected chi connectivity index (χ4v) is 7.67. The molecule has 256 valence electrons. The predicted octanol–water partition coefficient (Wildman–Crippen LogP) is 9.23. The highest BCUT2D eigenvalue weighted by Crippen LogP contribution is 2.36. The van der Waals surface area contributed by atoms with Gasteiger partial charge in [0.15, 0.2) is 0 Å². The SMILES string of the molecule is CCCCCCCCCCCCCC[C@@H](OCc1ccccc1)[C@@H](OCc1ccccc1)[C@@H]1CN1S(=O)(=O)c1ccc([N+](=O)[O-])cc1. The maximum Gasteiger partial charge on any atom is 0.269 e. The van der Waals surface area contributed by atoms with Crippen molar-refractivity contribution in [1.29, 1.82) is 0 Å². The summed E-state index contributed by atoms with van der Waals surface area (Å²) in [6.45, 7) is 3.32. The van der Waals surface area contributed by atoms with Crippen LogP contribution < -0.4 is 0 Å². The van der Waals surface area contributed by atoms with Crippen molar-refractivity contribution < 1.29 is 22.8 Å². The van der Waals surface area contributed by atoms with Crippen LogP contribution in [0, 0.1) is 10.1 Å². The van der Waals surface area contributed by atoms with Gasteiger partial charge in [0, 0.05) is 18.7 Å². The van der Waals surface area contributed by atoms with Gasteiger partial charge in [0.05, 0.1) is 35.2 Å². The van der Waals surface area contributed by atoms with Crippen LogP contribution in [0.2, 0.25) is 0 Å². The first kappa shape index (κ1) is 36.7. The lowest BCUT2D eigenvalue weighted by molar-refractivity contribution is -0.384. The molecule has 1 aliphatic rings. The molecule has 4 atom stereocenters. The quantitative estimate of drug-likeness (QED) is 0.0410. The summed E-state index contributed by atoms with van der Waals surface area (Å²) in [6, 6.07) is 24.6. The normalized spacial score (nSPS) is 17.3. The number of nitro groups is 1. The predicted molar refractivity (Wildman–Crippen MR) is 187 cm³/mol. The van der Waals surface area contributed by atoms with Crippen molar-refractivity contribution in [1.82, 2.24) is 4.31 Å². The van der Waals surface area contributed by atoms with Crippen LogP contribution in [0.25, 0.3) is 0 Å². The highest BCUT2D eigenvalue weighted by Gasteiger charge is 2.52. The lowest BCUT2D eigenvalue weighted by Crippen LogP contribution is -2.38. The number of hydrogen-bond acceptors (Lipinski definition) is 6. The second kappa shape index (κ2) is 19.6. The average Bonchev–Trinajstić information content (AvgIpc) is 3.90. The van der Waals surface area contributed by atoms with E-state index in [9.17, 15) is 18.5 Å². The molecule has 0 radical (unpaired) electrons. The van der Waals surface area contributed by atoms with Crippen LogP contribution in [0.15, 0.2) is 89.8 Å². The third-order valence-electron chi connectivity index (χ3n) is 8.94. The number of nitro benzene ring substituents is 1. The van der Waals surface area contributed by atoms with Crippen molar-refractivity contribution in [3.8, 4) is 0 Å². The standard InChI is InChI=1S/C38H52N2O6S/c1-2-3-4-5-6-7-8-9-10-11-12-19-24-37(45-30-32-20-15-13-16-21-32)38(46-31-33-22-17-14-18-23-33)36-29-39(36)47(43,44)35-27-25-34(26-28-35)40(41)42/h13-18,20-23,25-28,36-38H,2-12,19,24,29-31H2,1H3/t36-,37+,38-,39?/m0/s1. The second-order valence-electron chi connectivity index (χ2n) is 12.7. The fraction of sp³-hybridized carbons (Fsp3) is 0.526. The molecule has 1 saturated heterocycles. The van der Waals surface area contributed by atoms with E-state index in [0.717, 1.165) is 30.4 Å². The van der Waals surface area contributed by atoms with Crippen molar-refractivity contribution in [2.45, 2.75) is 127 Å². The van der Waals surface area contributed by atoms with Gasteiger partial charge < -0.3 is 9.47 Å². The first-order valence-corrected chi connectivity index (χ1v) is 18.9. The van der Waals surface area contributed by atoms with Crippen LogP contribution in [0.5, 0.6) is 0 Å². The monoisotopic (exact) mass is 664 g/mol. The Balaban J connectivity index is 1.40. The van der Waals surface area contributed by atoms with E-state index in [4.69, 9.17) is 9.47 Å². The van der Waals surface area contributed by atoms with Gasteiger partial charge in [0.2, 0.25) is 10.0 Å². The van der Waals surface area contributed by atoms with Gasteiger partial charge in [-0.15, -0.1) is 0 Å². The molecule has 9 heteroatoms. The maximum absolute atomic E-state index is 13.6. The summed E-state index contributed by atoms with van der Waals surface area (Å²) in [7, 11) is -3.86. The summed E-state index contributed by atoms with van der Waals surface area (Å²) >= 11 is 0. The Morgan fingerprint density at radius 1 is 0.723 bits per heavy atom. The van der Waals surface area contributed by atoms with E-state index in [1.165, 1.54) is 92.8 Å². The van der Waals surface area contributed by atoms with Crippen molar-refractivity contribution in [3.05, 3.63) is 106 Å². The highest BCUT2D eigenvalue weighted by atomic mass is 32.2. The summed E-state index contributed by atoms with van der Waals surface area (Å²) in [4.78, 5) is 10.6. The first-order chi connectivity index (χ1) is 22.9. The van der Waals surface area contributed by atoms with Crippen LogP contribution in [0.4, 0.5) is 5.69 Å². The summed E-state index contributed by atoms with van der Waals surface area (Å²) in [5.74, 6) is 0. The first-order valence-electron chi connectivity index (χ1n) is 17.5. The average molecular weight is 665 g/mol. The molecule has 1 heterocycles. The number of nitrogens with zero attached hydrogens (tertiary/aromatic N) is 2. The molecule has 0 amide bonds. The Morgan fingerprint density at radius 2 is 1.21 bits per heavy atom. The van der Waals surface area contributed by atoms with E-state index >= 15 is 0 Å². The van der Waals surface area contributed by atoms with Gasteiger partial charge in [-0.05, 0) is 29.7 Å². The molecule has 0 N–H and O–H groups in total. The van der Waals surface area contributed by atoms with E-state index in [-0.39, 0.29) is 16.7 Å². The maximum atomic E-state index is 13.6. The molecular formula is C38H52N2O6S. The zero-order valence-corrected chi connectivity index (χ0v) is 28.7. The molecule has 1 unspecified atom stereocenters. The van der Waals surface area contributed by atoms with Crippen molar-refractivity contribution in [2.75, 3.05) is 6.54 Å².